The molecule has 1 fully saturated rings. The van der Waals surface area contributed by atoms with Crippen molar-refractivity contribution in [2.75, 3.05) is 25.0 Å². The average Bonchev–Trinajstić information content (AvgIpc) is 2.94. The van der Waals surface area contributed by atoms with Gasteiger partial charge < -0.3 is 10.0 Å². The SMILES string of the molecule is CCN1C(=O)\C(=C/C=C/C(C#N)=C2/N(C)c3ccccc3C2(C)C)C(O)N(CC)C1=O. The maximum absolute atomic E-state index is 12.7. The topological polar surface area (TPSA) is 87.9 Å². The van der Waals surface area contributed by atoms with E-state index < -0.39 is 18.2 Å². The van der Waals surface area contributed by atoms with E-state index in [1.165, 1.54) is 11.0 Å². The molecule has 0 aliphatic carbocycles. The van der Waals surface area contributed by atoms with Crippen LogP contribution in [0.2, 0.25) is 0 Å². The number of urea groups is 1. The van der Waals surface area contributed by atoms with Gasteiger partial charge in [-0.05, 0) is 37.6 Å². The van der Waals surface area contributed by atoms with Gasteiger partial charge in [0.15, 0.2) is 6.23 Å². The monoisotopic (exact) mass is 420 g/mol. The number of amides is 3. The summed E-state index contributed by atoms with van der Waals surface area (Å²) in [5, 5.41) is 20.4. The maximum atomic E-state index is 12.7. The summed E-state index contributed by atoms with van der Waals surface area (Å²) >= 11 is 0. The van der Waals surface area contributed by atoms with Crippen molar-refractivity contribution >= 4 is 17.6 Å². The molecule has 1 atom stereocenters. The number of allylic oxidation sites excluding steroid dienone is 5. The summed E-state index contributed by atoms with van der Waals surface area (Å²) in [6.45, 7) is 8.09. The van der Waals surface area contributed by atoms with E-state index in [1.807, 2.05) is 30.1 Å². The number of fused-ring (bicyclic) bond motifs is 1. The van der Waals surface area contributed by atoms with Gasteiger partial charge in [-0.2, -0.15) is 5.26 Å². The highest BCUT2D eigenvalue weighted by molar-refractivity contribution is 6.07. The molecule has 0 radical (unpaired) electrons. The number of nitriles is 1. The van der Waals surface area contributed by atoms with Gasteiger partial charge in [0, 0.05) is 36.9 Å². The number of anilines is 1. The van der Waals surface area contributed by atoms with Crippen molar-refractivity contribution in [2.24, 2.45) is 0 Å². The van der Waals surface area contributed by atoms with Crippen LogP contribution in [0.4, 0.5) is 10.5 Å². The van der Waals surface area contributed by atoms with Gasteiger partial charge >= 0.3 is 6.03 Å². The molecule has 2 aliphatic heterocycles. The molecule has 0 spiro atoms. The molecule has 1 aromatic rings. The number of benzene rings is 1. The lowest BCUT2D eigenvalue weighted by atomic mass is 9.82. The van der Waals surface area contributed by atoms with E-state index in [0.717, 1.165) is 21.8 Å². The number of aliphatic hydroxyl groups excluding tert-OH is 1. The quantitative estimate of drug-likeness (QED) is 0.596. The van der Waals surface area contributed by atoms with E-state index in [-0.39, 0.29) is 24.1 Å². The second-order valence-electron chi connectivity index (χ2n) is 8.05. The van der Waals surface area contributed by atoms with E-state index in [4.69, 9.17) is 0 Å². The van der Waals surface area contributed by atoms with Crippen molar-refractivity contribution in [3.8, 4) is 6.07 Å². The molecule has 2 heterocycles. The van der Waals surface area contributed by atoms with Crippen LogP contribution in [-0.4, -0.2) is 53.2 Å². The van der Waals surface area contributed by atoms with Crippen LogP contribution in [0.15, 0.2) is 59.3 Å². The third-order valence-electron chi connectivity index (χ3n) is 5.98. The first-order valence-corrected chi connectivity index (χ1v) is 10.4. The number of rotatable bonds is 4. The predicted octanol–water partition coefficient (Wildman–Crippen LogP) is 3.30. The average molecular weight is 421 g/mol. The van der Waals surface area contributed by atoms with Crippen LogP contribution in [0.1, 0.15) is 33.3 Å². The molecule has 7 nitrogen and oxygen atoms in total. The lowest BCUT2D eigenvalue weighted by Crippen LogP contribution is -2.58. The van der Waals surface area contributed by atoms with Gasteiger partial charge in [-0.25, -0.2) is 4.79 Å². The maximum Gasteiger partial charge on any atom is 0.329 e. The summed E-state index contributed by atoms with van der Waals surface area (Å²) in [6, 6.07) is 9.81. The molecule has 0 saturated carbocycles. The fourth-order valence-electron chi connectivity index (χ4n) is 4.42. The van der Waals surface area contributed by atoms with Gasteiger partial charge in [0.05, 0.1) is 11.1 Å². The van der Waals surface area contributed by atoms with E-state index in [0.29, 0.717) is 5.57 Å². The Morgan fingerprint density at radius 3 is 2.48 bits per heavy atom. The number of likely N-dealkylation sites (N-methyl/N-ethyl adjacent to an activating group) is 3. The van der Waals surface area contributed by atoms with Crippen molar-refractivity contribution in [3.05, 3.63) is 64.9 Å². The fraction of sp³-hybridized carbons (Fsp3) is 0.375. The summed E-state index contributed by atoms with van der Waals surface area (Å²) in [4.78, 5) is 29.4. The largest absolute Gasteiger partial charge is 0.369 e. The minimum absolute atomic E-state index is 0.101. The molecular formula is C24H28N4O3. The zero-order valence-electron chi connectivity index (χ0n) is 18.6. The van der Waals surface area contributed by atoms with Gasteiger partial charge in [0.1, 0.15) is 6.07 Å². The molecule has 1 saturated heterocycles. The Bertz CT molecular complexity index is 1050. The van der Waals surface area contributed by atoms with Gasteiger partial charge in [-0.15, -0.1) is 0 Å². The highest BCUT2D eigenvalue weighted by atomic mass is 16.3. The lowest BCUT2D eigenvalue weighted by molar-refractivity contribution is -0.130. The van der Waals surface area contributed by atoms with Gasteiger partial charge in [0.2, 0.25) is 0 Å². The van der Waals surface area contributed by atoms with Crippen molar-refractivity contribution in [1.82, 2.24) is 9.80 Å². The molecule has 1 aromatic carbocycles. The Morgan fingerprint density at radius 1 is 1.23 bits per heavy atom. The molecule has 31 heavy (non-hydrogen) atoms. The smallest absolute Gasteiger partial charge is 0.329 e. The van der Waals surface area contributed by atoms with Crippen LogP contribution in [0.3, 0.4) is 0 Å². The Kier molecular flexibility index (Phi) is 6.05. The highest BCUT2D eigenvalue weighted by Crippen LogP contribution is 2.47. The molecular weight excluding hydrogens is 392 g/mol. The number of nitrogens with zero attached hydrogens (tertiary/aromatic N) is 4. The van der Waals surface area contributed by atoms with E-state index in [1.54, 1.807) is 26.0 Å². The normalized spacial score (nSPS) is 23.6. The number of aliphatic hydroxyl groups is 1. The second-order valence-corrected chi connectivity index (χ2v) is 8.05. The van der Waals surface area contributed by atoms with E-state index in [9.17, 15) is 20.0 Å². The van der Waals surface area contributed by atoms with E-state index >= 15 is 0 Å². The zero-order chi connectivity index (χ0) is 22.9. The molecule has 0 bridgehead atoms. The Morgan fingerprint density at radius 2 is 1.90 bits per heavy atom. The van der Waals surface area contributed by atoms with E-state index in [2.05, 4.69) is 26.0 Å². The van der Waals surface area contributed by atoms with Crippen LogP contribution >= 0.6 is 0 Å². The van der Waals surface area contributed by atoms with Gasteiger partial charge in [-0.1, -0.05) is 38.1 Å². The standard InChI is InChI=1S/C24H28N4O3/c1-6-27-21(29)17(22(30)28(7-2)23(27)31)12-10-11-16(15-25)20-24(3,4)18-13-8-9-14-19(18)26(20)5/h8-14,21,29H,6-7H2,1-5H3/b11-10+,17-12-,20-16-. The van der Waals surface area contributed by atoms with Crippen LogP contribution in [0.5, 0.6) is 0 Å². The Labute approximate surface area is 183 Å². The molecule has 7 heteroatoms. The number of para-hydroxylation sites is 1. The fourth-order valence-corrected chi connectivity index (χ4v) is 4.42. The first-order chi connectivity index (χ1) is 14.7. The van der Waals surface area contributed by atoms with Gasteiger partial charge in [0.25, 0.3) is 5.91 Å². The predicted molar refractivity (Wildman–Crippen MR) is 119 cm³/mol. The van der Waals surface area contributed by atoms with Crippen LogP contribution in [-0.2, 0) is 10.2 Å². The molecule has 162 valence electrons. The summed E-state index contributed by atoms with van der Waals surface area (Å²) < 4.78 is 0. The number of carbonyl (C=O) groups is 2. The number of carbonyl (C=O) groups excluding carboxylic acids is 2. The Hall–Kier alpha value is -3.37. The number of hydrogen-bond acceptors (Lipinski definition) is 5. The number of hydrogen-bond donors (Lipinski definition) is 1. The van der Waals surface area contributed by atoms with Crippen molar-refractivity contribution in [3.63, 3.8) is 0 Å². The zero-order valence-corrected chi connectivity index (χ0v) is 18.6. The third-order valence-corrected chi connectivity index (χ3v) is 5.98. The number of imide groups is 1. The molecule has 3 amide bonds. The third kappa shape index (κ3) is 3.53. The van der Waals surface area contributed by atoms with Crippen molar-refractivity contribution < 1.29 is 14.7 Å². The summed E-state index contributed by atoms with van der Waals surface area (Å²) in [7, 11) is 1.94. The minimum atomic E-state index is -1.31. The van der Waals surface area contributed by atoms with Crippen LogP contribution in [0, 0.1) is 11.3 Å². The van der Waals surface area contributed by atoms with Gasteiger partial charge in [-0.3, -0.25) is 14.6 Å². The van der Waals surface area contributed by atoms with Crippen molar-refractivity contribution in [2.45, 2.75) is 39.3 Å². The summed E-state index contributed by atoms with van der Waals surface area (Å²) in [5.74, 6) is -0.522. The first kappa shape index (κ1) is 22.3. The molecule has 3 rings (SSSR count). The Balaban J connectivity index is 2.00. The van der Waals surface area contributed by atoms with Crippen LogP contribution in [0.25, 0.3) is 0 Å². The molecule has 1 N–H and O–H groups in total. The minimum Gasteiger partial charge on any atom is -0.369 e. The molecule has 0 aromatic heterocycles. The van der Waals surface area contributed by atoms with Crippen molar-refractivity contribution in [1.29, 1.82) is 5.26 Å². The lowest BCUT2D eigenvalue weighted by Gasteiger charge is -2.38. The highest BCUT2D eigenvalue weighted by Gasteiger charge is 2.41. The summed E-state index contributed by atoms with van der Waals surface area (Å²) in [5.41, 5.74) is 3.26. The molecule has 2 aliphatic rings. The van der Waals surface area contributed by atoms with Crippen LogP contribution < -0.4 is 4.90 Å². The second kappa shape index (κ2) is 8.40. The molecule has 1 unspecified atom stereocenters. The summed E-state index contributed by atoms with van der Waals surface area (Å²) in [6.07, 6.45) is 3.41. The first-order valence-electron chi connectivity index (χ1n) is 10.4.